The van der Waals surface area contributed by atoms with Crippen LogP contribution < -0.4 is 0 Å². The fourth-order valence-corrected chi connectivity index (χ4v) is 5.48. The molecule has 0 bridgehead atoms. The molecular formula is C34H42N2S2. The van der Waals surface area contributed by atoms with Crippen LogP contribution in [0, 0.1) is 0 Å². The monoisotopic (exact) mass is 542 g/mol. The van der Waals surface area contributed by atoms with Crippen LogP contribution in [0.5, 0.6) is 0 Å². The molecule has 4 heteroatoms. The Morgan fingerprint density at radius 2 is 0.789 bits per heavy atom. The van der Waals surface area contributed by atoms with Gasteiger partial charge in [0.05, 0.1) is 11.4 Å². The van der Waals surface area contributed by atoms with E-state index in [0.29, 0.717) is 23.7 Å². The van der Waals surface area contributed by atoms with Crippen LogP contribution in [0.3, 0.4) is 0 Å². The molecule has 0 saturated carbocycles. The van der Waals surface area contributed by atoms with Gasteiger partial charge in [-0.25, -0.2) is 0 Å². The first kappa shape index (κ1) is 29.7. The molecule has 2 aromatic carbocycles. The van der Waals surface area contributed by atoms with Gasteiger partial charge in [0, 0.05) is 22.2 Å². The second kappa shape index (κ2) is 14.4. The van der Waals surface area contributed by atoms with Crippen LogP contribution >= 0.6 is 22.7 Å². The van der Waals surface area contributed by atoms with Crippen molar-refractivity contribution in [2.45, 2.75) is 79.1 Å². The smallest absolute Gasteiger partial charge is 0.0699 e. The van der Waals surface area contributed by atoms with Crippen LogP contribution in [0.2, 0.25) is 0 Å². The van der Waals surface area contributed by atoms with E-state index in [1.54, 1.807) is 22.7 Å². The Kier molecular flexibility index (Phi) is 11.2. The van der Waals surface area contributed by atoms with E-state index in [1.807, 2.05) is 12.4 Å². The van der Waals surface area contributed by atoms with E-state index in [-0.39, 0.29) is 0 Å². The number of hydrogen-bond donors (Lipinski definition) is 0. The van der Waals surface area contributed by atoms with Gasteiger partial charge in [-0.15, -0.1) is 22.7 Å². The van der Waals surface area contributed by atoms with Gasteiger partial charge < -0.3 is 0 Å². The van der Waals surface area contributed by atoms with Gasteiger partial charge >= 0.3 is 0 Å². The molecule has 0 spiro atoms. The summed E-state index contributed by atoms with van der Waals surface area (Å²) in [5.41, 5.74) is 7.64. The predicted molar refractivity (Wildman–Crippen MR) is 172 cm³/mol. The Bertz CT molecular complexity index is 1150. The number of benzene rings is 2. The topological polar surface area (TPSA) is 24.7 Å². The van der Waals surface area contributed by atoms with Crippen molar-refractivity contribution in [3.8, 4) is 0 Å². The van der Waals surface area contributed by atoms with E-state index >= 15 is 0 Å². The first-order valence-electron chi connectivity index (χ1n) is 13.6. The number of thiophene rings is 2. The van der Waals surface area contributed by atoms with Gasteiger partial charge in [-0.3, -0.25) is 9.98 Å². The van der Waals surface area contributed by atoms with Gasteiger partial charge in [-0.1, -0.05) is 104 Å². The Morgan fingerprint density at radius 1 is 0.474 bits per heavy atom. The zero-order chi connectivity index (χ0) is 27.7. The number of hydrogen-bond acceptors (Lipinski definition) is 4. The Balaban J connectivity index is 0.000000211. The summed E-state index contributed by atoms with van der Waals surface area (Å²) in [5, 5.41) is 4.16. The van der Waals surface area contributed by atoms with E-state index < -0.39 is 0 Å². The minimum absolute atomic E-state index is 0.495. The minimum atomic E-state index is 0.495. The number of aliphatic imine (C=N–C) groups is 2. The molecule has 0 aliphatic heterocycles. The third-order valence-electron chi connectivity index (χ3n) is 6.41. The van der Waals surface area contributed by atoms with E-state index in [0.717, 1.165) is 11.4 Å². The Hall–Kier alpha value is -2.82. The second-order valence-corrected chi connectivity index (χ2v) is 12.7. The summed E-state index contributed by atoms with van der Waals surface area (Å²) >= 11 is 3.44. The van der Waals surface area contributed by atoms with Gasteiger partial charge in [-0.05, 0) is 68.8 Å². The van der Waals surface area contributed by atoms with Crippen molar-refractivity contribution in [2.75, 3.05) is 0 Å². The predicted octanol–water partition coefficient (Wildman–Crippen LogP) is 11.5. The quantitative estimate of drug-likeness (QED) is 0.198. The van der Waals surface area contributed by atoms with Gasteiger partial charge in [0.1, 0.15) is 0 Å². The van der Waals surface area contributed by atoms with Crippen LogP contribution in [-0.4, -0.2) is 12.4 Å². The fourth-order valence-electron chi connectivity index (χ4n) is 4.31. The summed E-state index contributed by atoms with van der Waals surface area (Å²) in [6.45, 7) is 17.8. The van der Waals surface area contributed by atoms with Gasteiger partial charge in [0.2, 0.25) is 0 Å². The molecule has 0 N–H and O–H groups in total. The third kappa shape index (κ3) is 8.09. The highest BCUT2D eigenvalue weighted by Gasteiger charge is 2.13. The summed E-state index contributed by atoms with van der Waals surface area (Å²) < 4.78 is 0. The highest BCUT2D eigenvalue weighted by molar-refractivity contribution is 7.12. The van der Waals surface area contributed by atoms with Crippen molar-refractivity contribution in [3.05, 3.63) is 103 Å². The molecule has 4 aromatic rings. The maximum Gasteiger partial charge on any atom is 0.0699 e. The molecular weight excluding hydrogens is 501 g/mol. The third-order valence-corrected chi connectivity index (χ3v) is 8.03. The number of rotatable bonds is 8. The zero-order valence-electron chi connectivity index (χ0n) is 24.1. The van der Waals surface area contributed by atoms with Crippen LogP contribution in [-0.2, 0) is 0 Å². The molecule has 0 unspecified atom stereocenters. The molecule has 200 valence electrons. The molecule has 0 amide bonds. The molecule has 0 aliphatic rings. The molecule has 0 saturated heterocycles. The first-order chi connectivity index (χ1) is 18.2. The molecule has 2 heterocycles. The summed E-state index contributed by atoms with van der Waals surface area (Å²) in [5.74, 6) is 1.98. The molecule has 38 heavy (non-hydrogen) atoms. The summed E-state index contributed by atoms with van der Waals surface area (Å²) in [6.07, 6.45) is 3.97. The highest BCUT2D eigenvalue weighted by Crippen LogP contribution is 2.35. The summed E-state index contributed by atoms with van der Waals surface area (Å²) in [7, 11) is 0. The van der Waals surface area contributed by atoms with Crippen molar-refractivity contribution < 1.29 is 0 Å². The van der Waals surface area contributed by atoms with Crippen molar-refractivity contribution in [3.63, 3.8) is 0 Å². The molecule has 0 atom stereocenters. The molecule has 2 nitrogen and oxygen atoms in total. The lowest BCUT2D eigenvalue weighted by atomic mass is 9.93. The van der Waals surface area contributed by atoms with Gasteiger partial charge in [0.15, 0.2) is 0 Å². The molecule has 4 rings (SSSR count). The van der Waals surface area contributed by atoms with E-state index in [9.17, 15) is 0 Å². The van der Waals surface area contributed by atoms with Crippen LogP contribution in [0.1, 0.15) is 111 Å². The van der Waals surface area contributed by atoms with Crippen LogP contribution in [0.4, 0.5) is 11.4 Å². The number of para-hydroxylation sites is 2. The largest absolute Gasteiger partial charge is 0.255 e. The van der Waals surface area contributed by atoms with Crippen molar-refractivity contribution >= 4 is 46.5 Å². The molecule has 0 radical (unpaired) electrons. The average Bonchev–Trinajstić information content (AvgIpc) is 3.60. The standard InChI is InChI=1S/2C17H21NS/c2*1-12(2)15-8-5-9-16(13(3)4)17(15)18-11-14-7-6-10-19-14/h2*5-13H,1-4H3. The zero-order valence-corrected chi connectivity index (χ0v) is 25.7. The minimum Gasteiger partial charge on any atom is -0.255 e. The van der Waals surface area contributed by atoms with Gasteiger partial charge in [-0.2, -0.15) is 0 Å². The van der Waals surface area contributed by atoms with Crippen molar-refractivity contribution in [1.82, 2.24) is 0 Å². The Labute approximate surface area is 238 Å². The van der Waals surface area contributed by atoms with E-state index in [1.165, 1.54) is 32.0 Å². The first-order valence-corrected chi connectivity index (χ1v) is 15.4. The summed E-state index contributed by atoms with van der Waals surface area (Å²) in [4.78, 5) is 12.0. The normalized spacial score (nSPS) is 11.9. The summed E-state index contributed by atoms with van der Waals surface area (Å²) in [6, 6.07) is 21.4. The maximum absolute atomic E-state index is 4.78. The molecule has 0 fully saturated rings. The van der Waals surface area contributed by atoms with Crippen molar-refractivity contribution in [1.29, 1.82) is 0 Å². The van der Waals surface area contributed by atoms with Gasteiger partial charge in [0.25, 0.3) is 0 Å². The average molecular weight is 543 g/mol. The molecule has 0 aliphatic carbocycles. The van der Waals surface area contributed by atoms with Crippen LogP contribution in [0.25, 0.3) is 0 Å². The molecule has 2 aromatic heterocycles. The fraction of sp³-hybridized carbons (Fsp3) is 0.353. The lowest BCUT2D eigenvalue weighted by Gasteiger charge is -2.16. The lowest BCUT2D eigenvalue weighted by Crippen LogP contribution is -1.95. The van der Waals surface area contributed by atoms with E-state index in [4.69, 9.17) is 9.98 Å². The van der Waals surface area contributed by atoms with Crippen LogP contribution in [0.15, 0.2) is 81.4 Å². The second-order valence-electron chi connectivity index (χ2n) is 10.7. The lowest BCUT2D eigenvalue weighted by molar-refractivity contribution is 0.835. The highest BCUT2D eigenvalue weighted by atomic mass is 32.1. The van der Waals surface area contributed by atoms with E-state index in [2.05, 4.69) is 127 Å². The Morgan fingerprint density at radius 3 is 1.03 bits per heavy atom. The number of nitrogens with zero attached hydrogens (tertiary/aromatic N) is 2. The van der Waals surface area contributed by atoms with Crippen molar-refractivity contribution in [2.24, 2.45) is 9.98 Å². The maximum atomic E-state index is 4.78. The SMILES string of the molecule is CC(C)c1cccc(C(C)C)c1N=Cc1cccs1.CC(C)c1cccc(C(C)C)c1N=Cc1cccs1.